The van der Waals surface area contributed by atoms with Crippen molar-refractivity contribution >= 4 is 55.8 Å². The smallest absolute Gasteiger partial charge is 0.203 e. The van der Waals surface area contributed by atoms with Gasteiger partial charge in [-0.1, -0.05) is 121 Å². The number of thiophene rings is 1. The van der Waals surface area contributed by atoms with Crippen LogP contribution in [0.1, 0.15) is 43.1 Å². The minimum absolute atomic E-state index is 0.0377. The fourth-order valence-corrected chi connectivity index (χ4v) is 9.04. The van der Waals surface area contributed by atoms with Gasteiger partial charge in [0.25, 0.3) is 0 Å². The van der Waals surface area contributed by atoms with Crippen molar-refractivity contribution in [3.8, 4) is 23.0 Å². The zero-order valence-corrected chi connectivity index (χ0v) is 34.7. The van der Waals surface area contributed by atoms with E-state index in [0.717, 1.165) is 76.3 Å². The summed E-state index contributed by atoms with van der Waals surface area (Å²) < 4.78 is 24.2. The summed E-state index contributed by atoms with van der Waals surface area (Å²) in [6.45, 7) is 0. The van der Waals surface area contributed by atoms with Gasteiger partial charge in [-0.3, -0.25) is 9.78 Å². The molecule has 10 rings (SSSR count). The van der Waals surface area contributed by atoms with Gasteiger partial charge in [0.15, 0.2) is 5.60 Å². The van der Waals surface area contributed by atoms with E-state index in [1.165, 1.54) is 0 Å². The molecule has 298 valence electrons. The number of benzene rings is 6. The maximum absolute atomic E-state index is 13.4. The minimum atomic E-state index is -0.634. The highest BCUT2D eigenvalue weighted by Crippen LogP contribution is 2.44. The second kappa shape index (κ2) is 17.0. The van der Waals surface area contributed by atoms with Crippen LogP contribution >= 0.6 is 11.3 Å². The van der Waals surface area contributed by atoms with Crippen LogP contribution in [0.2, 0.25) is 0 Å². The third-order valence-electron chi connectivity index (χ3n) is 11.0. The maximum Gasteiger partial charge on any atom is 0.203 e. The molecule has 0 bridgehead atoms. The molecule has 8 aromatic rings. The van der Waals surface area contributed by atoms with Crippen molar-refractivity contribution < 1.29 is 23.7 Å². The van der Waals surface area contributed by atoms with Crippen LogP contribution in [0, 0.1) is 0 Å². The normalized spacial score (nSPS) is 14.4. The molecule has 0 saturated heterocycles. The Morgan fingerprint density at radius 1 is 0.656 bits per heavy atom. The summed E-state index contributed by atoms with van der Waals surface area (Å²) in [5.41, 5.74) is 8.08. The number of allylic oxidation sites excluding steroid dienone is 4. The second-order valence-electron chi connectivity index (χ2n) is 14.5. The summed E-state index contributed by atoms with van der Waals surface area (Å²) in [6, 6.07) is 50.5. The fraction of sp³-hybridized carbons (Fsp3) is 0.0741. The number of pyridine rings is 1. The van der Waals surface area contributed by atoms with E-state index < -0.39 is 5.60 Å². The van der Waals surface area contributed by atoms with Crippen LogP contribution in [0.25, 0.3) is 38.7 Å². The molecule has 6 nitrogen and oxygen atoms in total. The third kappa shape index (κ3) is 7.52. The predicted molar refractivity (Wildman–Crippen MR) is 248 cm³/mol. The zero-order valence-electron chi connectivity index (χ0n) is 33.9. The van der Waals surface area contributed by atoms with E-state index in [1.54, 1.807) is 32.7 Å². The Bertz CT molecular complexity index is 2980. The van der Waals surface area contributed by atoms with Crippen LogP contribution < -0.4 is 18.9 Å². The lowest BCUT2D eigenvalue weighted by molar-refractivity contribution is 0.104. The monoisotopic (exact) mass is 815 g/mol. The Kier molecular flexibility index (Phi) is 10.9. The van der Waals surface area contributed by atoms with Crippen LogP contribution in [0.4, 0.5) is 0 Å². The molecular weight excluding hydrogens is 775 g/mol. The Hall–Kier alpha value is -7.48. The highest BCUT2D eigenvalue weighted by molar-refractivity contribution is 7.21. The first kappa shape index (κ1) is 39.0. The van der Waals surface area contributed by atoms with E-state index in [2.05, 4.69) is 83.9 Å². The lowest BCUT2D eigenvalue weighted by Gasteiger charge is -2.36. The van der Waals surface area contributed by atoms with Crippen molar-refractivity contribution in [2.24, 2.45) is 0 Å². The molecule has 0 radical (unpaired) electrons. The second-order valence-corrected chi connectivity index (χ2v) is 15.5. The van der Waals surface area contributed by atoms with E-state index in [4.69, 9.17) is 18.9 Å². The van der Waals surface area contributed by atoms with Crippen molar-refractivity contribution in [1.82, 2.24) is 4.98 Å². The van der Waals surface area contributed by atoms with Gasteiger partial charge >= 0.3 is 0 Å². The van der Waals surface area contributed by atoms with Gasteiger partial charge < -0.3 is 18.9 Å². The SMILES string of the molecule is C1=CC(c2ccccc2)(c2ccccc2)Oc2ccc3ncccc3c21.COc1ccc(/C(=C\C=C2/C=Cc3c(sc4ccccc34)C2=O)c2ccc(OC)cc2OC)cc1. The Balaban J connectivity index is 0.000000163. The molecule has 0 unspecified atom stereocenters. The molecule has 1 aliphatic carbocycles. The molecule has 0 amide bonds. The molecule has 3 heterocycles. The lowest BCUT2D eigenvalue weighted by atomic mass is 9.83. The van der Waals surface area contributed by atoms with E-state index in [0.29, 0.717) is 17.1 Å². The first-order valence-corrected chi connectivity index (χ1v) is 20.7. The average molecular weight is 816 g/mol. The molecule has 0 atom stereocenters. The van der Waals surface area contributed by atoms with Gasteiger partial charge in [0, 0.05) is 61.1 Å². The molecule has 2 aromatic heterocycles. The average Bonchev–Trinajstić information content (AvgIpc) is 3.72. The van der Waals surface area contributed by atoms with Gasteiger partial charge in [-0.15, -0.1) is 11.3 Å². The highest BCUT2D eigenvalue weighted by Gasteiger charge is 2.37. The predicted octanol–water partition coefficient (Wildman–Crippen LogP) is 12.8. The molecule has 2 aliphatic rings. The topological polar surface area (TPSA) is 66.9 Å². The van der Waals surface area contributed by atoms with Gasteiger partial charge in [-0.25, -0.2) is 0 Å². The minimum Gasteiger partial charge on any atom is -0.497 e. The summed E-state index contributed by atoms with van der Waals surface area (Å²) in [4.78, 5) is 18.6. The highest BCUT2D eigenvalue weighted by atomic mass is 32.1. The number of hydrogen-bond acceptors (Lipinski definition) is 7. The number of ether oxygens (including phenoxy) is 4. The quantitative estimate of drug-likeness (QED) is 0.142. The number of rotatable bonds is 8. The number of carbonyl (C=O) groups excluding carboxylic acids is 1. The first-order valence-electron chi connectivity index (χ1n) is 19.9. The number of Topliss-reactive ketones (excluding diaryl/α,β-unsaturated/α-hetero) is 1. The van der Waals surface area contributed by atoms with Gasteiger partial charge in [-0.2, -0.15) is 0 Å². The van der Waals surface area contributed by atoms with Crippen LogP contribution in [0.3, 0.4) is 0 Å². The first-order chi connectivity index (χ1) is 30.0. The van der Waals surface area contributed by atoms with Crippen molar-refractivity contribution in [2.45, 2.75) is 5.60 Å². The van der Waals surface area contributed by atoms with Crippen LogP contribution in [-0.2, 0) is 5.60 Å². The lowest BCUT2D eigenvalue weighted by Crippen LogP contribution is -2.34. The standard InChI is InChI=1S/C30H24O4S.C24H17NO/c1-32-21-12-8-19(9-13-21)23(24-17-14-22(33-2)18-27(24)34-3)15-10-20-11-16-26-25-6-4-5-7-28(25)35-30(26)29(20)31;1-3-8-18(9-4-1)24(19-10-5-2-6-11-19)16-15-21-20-12-7-17-25-22(20)13-14-23(21)26-24/h4-18H,1-3H3;1-17H/b20-10+,23-15+;. The molecular formula is C54H41NO5S. The Morgan fingerprint density at radius 3 is 2.07 bits per heavy atom. The zero-order chi connectivity index (χ0) is 41.8. The van der Waals surface area contributed by atoms with Gasteiger partial charge in [0.1, 0.15) is 23.0 Å². The van der Waals surface area contributed by atoms with Crippen molar-refractivity contribution in [2.75, 3.05) is 21.3 Å². The summed E-state index contributed by atoms with van der Waals surface area (Å²) in [5, 5.41) is 2.23. The summed E-state index contributed by atoms with van der Waals surface area (Å²) >= 11 is 1.54. The van der Waals surface area contributed by atoms with Crippen LogP contribution in [0.15, 0.2) is 188 Å². The molecule has 61 heavy (non-hydrogen) atoms. The van der Waals surface area contributed by atoms with Crippen LogP contribution in [0.5, 0.6) is 23.0 Å². The number of methoxy groups -OCH3 is 3. The number of aromatic nitrogens is 1. The molecule has 6 aromatic carbocycles. The van der Waals surface area contributed by atoms with Gasteiger partial charge in [-0.05, 0) is 71.8 Å². The molecule has 7 heteroatoms. The maximum atomic E-state index is 13.4. The Labute approximate surface area is 359 Å². The van der Waals surface area contributed by atoms with Gasteiger partial charge in [0.2, 0.25) is 5.78 Å². The van der Waals surface area contributed by atoms with E-state index in [-0.39, 0.29) is 5.78 Å². The number of fused-ring (bicyclic) bond motifs is 6. The number of nitrogens with zero attached hydrogens (tertiary/aromatic N) is 1. The fourth-order valence-electron chi connectivity index (χ4n) is 7.89. The van der Waals surface area contributed by atoms with Crippen molar-refractivity contribution in [1.29, 1.82) is 0 Å². The Morgan fingerprint density at radius 2 is 1.34 bits per heavy atom. The van der Waals surface area contributed by atoms with E-state index in [9.17, 15) is 4.79 Å². The van der Waals surface area contributed by atoms with Gasteiger partial charge in [0.05, 0.1) is 31.7 Å². The van der Waals surface area contributed by atoms with E-state index in [1.807, 2.05) is 115 Å². The molecule has 0 fully saturated rings. The largest absolute Gasteiger partial charge is 0.497 e. The van der Waals surface area contributed by atoms with Crippen molar-refractivity contribution in [3.63, 3.8) is 0 Å². The van der Waals surface area contributed by atoms with E-state index >= 15 is 0 Å². The molecule has 0 saturated carbocycles. The number of hydrogen-bond donors (Lipinski definition) is 0. The molecule has 0 N–H and O–H groups in total. The number of carbonyl (C=O) groups is 1. The molecule has 1 aliphatic heterocycles. The third-order valence-corrected chi connectivity index (χ3v) is 12.2. The molecule has 0 spiro atoms. The summed E-state index contributed by atoms with van der Waals surface area (Å²) in [6.07, 6.45) is 13.9. The van der Waals surface area contributed by atoms with Crippen LogP contribution in [-0.4, -0.2) is 32.1 Å². The summed E-state index contributed by atoms with van der Waals surface area (Å²) in [5.74, 6) is 3.08. The number of ketones is 1. The van der Waals surface area contributed by atoms with Crippen molar-refractivity contribution in [3.05, 3.63) is 226 Å². The summed E-state index contributed by atoms with van der Waals surface area (Å²) in [7, 11) is 4.91.